The fourth-order valence-corrected chi connectivity index (χ4v) is 2.02. The van der Waals surface area contributed by atoms with Gasteiger partial charge in [-0.25, -0.2) is 4.68 Å². The number of nitrogens with zero attached hydrogens (tertiary/aromatic N) is 3. The van der Waals surface area contributed by atoms with Crippen molar-refractivity contribution in [2.75, 3.05) is 0 Å². The molecule has 3 rings (SSSR count). The van der Waals surface area contributed by atoms with E-state index in [9.17, 15) is 0 Å². The highest BCUT2D eigenvalue weighted by Gasteiger charge is 2.00. The Hall–Kier alpha value is -2.46. The van der Waals surface area contributed by atoms with Gasteiger partial charge in [0.2, 0.25) is 0 Å². The van der Waals surface area contributed by atoms with Crippen LogP contribution >= 0.6 is 0 Å². The van der Waals surface area contributed by atoms with Crippen LogP contribution in [0.5, 0.6) is 0 Å². The minimum Gasteiger partial charge on any atom is -0.307 e. The first kappa shape index (κ1) is 12.6. The van der Waals surface area contributed by atoms with E-state index in [2.05, 4.69) is 15.4 Å². The fraction of sp³-hybridized carbons (Fsp3) is 0.125. The van der Waals surface area contributed by atoms with Crippen LogP contribution in [0.1, 0.15) is 11.3 Å². The van der Waals surface area contributed by atoms with Crippen molar-refractivity contribution in [1.29, 1.82) is 0 Å². The topological polar surface area (TPSA) is 42.7 Å². The van der Waals surface area contributed by atoms with Gasteiger partial charge < -0.3 is 5.32 Å². The molecule has 0 unspecified atom stereocenters. The van der Waals surface area contributed by atoms with Gasteiger partial charge in [0.15, 0.2) is 0 Å². The van der Waals surface area contributed by atoms with Gasteiger partial charge in [-0.3, -0.25) is 4.98 Å². The van der Waals surface area contributed by atoms with Crippen LogP contribution in [-0.4, -0.2) is 14.8 Å². The molecule has 0 radical (unpaired) electrons. The van der Waals surface area contributed by atoms with Crippen molar-refractivity contribution in [3.05, 3.63) is 78.4 Å². The van der Waals surface area contributed by atoms with Gasteiger partial charge in [-0.2, -0.15) is 5.10 Å². The summed E-state index contributed by atoms with van der Waals surface area (Å²) in [5, 5.41) is 7.93. The second-order valence-corrected chi connectivity index (χ2v) is 4.55. The molecular formula is C16H16N4. The molecule has 0 fully saturated rings. The summed E-state index contributed by atoms with van der Waals surface area (Å²) in [6.07, 6.45) is 5.60. The second-order valence-electron chi connectivity index (χ2n) is 4.55. The molecule has 4 heteroatoms. The van der Waals surface area contributed by atoms with Crippen molar-refractivity contribution >= 4 is 0 Å². The van der Waals surface area contributed by atoms with Crippen molar-refractivity contribution in [2.24, 2.45) is 0 Å². The SMILES string of the molecule is c1ccc(-n2ccc(CNCc3ccncc3)n2)cc1. The van der Waals surface area contributed by atoms with Gasteiger partial charge >= 0.3 is 0 Å². The van der Waals surface area contributed by atoms with Crippen LogP contribution in [0.4, 0.5) is 0 Å². The van der Waals surface area contributed by atoms with E-state index in [1.54, 1.807) is 12.4 Å². The number of aromatic nitrogens is 3. The molecule has 1 aromatic carbocycles. The molecule has 3 aromatic rings. The molecule has 1 N–H and O–H groups in total. The Kier molecular flexibility index (Phi) is 3.85. The first-order chi connectivity index (χ1) is 9.92. The van der Waals surface area contributed by atoms with Crippen LogP contribution in [0.3, 0.4) is 0 Å². The van der Waals surface area contributed by atoms with E-state index >= 15 is 0 Å². The minimum absolute atomic E-state index is 0.752. The lowest BCUT2D eigenvalue weighted by Crippen LogP contribution is -2.13. The Balaban J connectivity index is 1.58. The maximum Gasteiger partial charge on any atom is 0.0766 e. The zero-order chi connectivity index (χ0) is 13.6. The molecular weight excluding hydrogens is 248 g/mol. The number of rotatable bonds is 5. The van der Waals surface area contributed by atoms with Gasteiger partial charge in [0, 0.05) is 31.7 Å². The van der Waals surface area contributed by atoms with Crippen molar-refractivity contribution in [3.8, 4) is 5.69 Å². The van der Waals surface area contributed by atoms with E-state index in [1.807, 2.05) is 59.4 Å². The number of pyridine rings is 1. The van der Waals surface area contributed by atoms with E-state index in [1.165, 1.54) is 5.56 Å². The van der Waals surface area contributed by atoms with E-state index < -0.39 is 0 Å². The maximum atomic E-state index is 4.55. The predicted molar refractivity (Wildman–Crippen MR) is 78.3 cm³/mol. The van der Waals surface area contributed by atoms with Crippen LogP contribution in [0.25, 0.3) is 5.69 Å². The number of nitrogens with one attached hydrogen (secondary N) is 1. The molecule has 0 saturated heterocycles. The van der Waals surface area contributed by atoms with Crippen molar-refractivity contribution in [1.82, 2.24) is 20.1 Å². The number of hydrogen-bond donors (Lipinski definition) is 1. The maximum absolute atomic E-state index is 4.55. The molecule has 0 amide bonds. The lowest BCUT2D eigenvalue weighted by Gasteiger charge is -2.03. The van der Waals surface area contributed by atoms with Crippen LogP contribution in [0.15, 0.2) is 67.1 Å². The van der Waals surface area contributed by atoms with Gasteiger partial charge in [-0.1, -0.05) is 18.2 Å². The average Bonchev–Trinajstić information content (AvgIpc) is 2.98. The van der Waals surface area contributed by atoms with E-state index in [0.29, 0.717) is 0 Å². The average molecular weight is 264 g/mol. The lowest BCUT2D eigenvalue weighted by molar-refractivity contribution is 0.669. The van der Waals surface area contributed by atoms with Gasteiger partial charge in [-0.05, 0) is 35.9 Å². The van der Waals surface area contributed by atoms with Gasteiger partial charge in [-0.15, -0.1) is 0 Å². The largest absolute Gasteiger partial charge is 0.307 e. The number of hydrogen-bond acceptors (Lipinski definition) is 3. The Morgan fingerprint density at radius 2 is 1.70 bits per heavy atom. The smallest absolute Gasteiger partial charge is 0.0766 e. The van der Waals surface area contributed by atoms with Crippen LogP contribution < -0.4 is 5.32 Å². The Bertz CT molecular complexity index is 647. The molecule has 2 aromatic heterocycles. The third kappa shape index (κ3) is 3.10. The summed E-state index contributed by atoms with van der Waals surface area (Å²) in [5.41, 5.74) is 3.33. The van der Waals surface area contributed by atoms with Gasteiger partial charge in [0.25, 0.3) is 0 Å². The highest BCUT2D eigenvalue weighted by Crippen LogP contribution is 2.06. The Morgan fingerprint density at radius 1 is 0.900 bits per heavy atom. The number of benzene rings is 1. The highest BCUT2D eigenvalue weighted by molar-refractivity contribution is 5.30. The zero-order valence-electron chi connectivity index (χ0n) is 11.1. The summed E-state index contributed by atoms with van der Waals surface area (Å²) in [6.45, 7) is 1.57. The molecule has 0 aliphatic carbocycles. The third-order valence-electron chi connectivity index (χ3n) is 3.05. The highest BCUT2D eigenvalue weighted by atomic mass is 15.3. The molecule has 0 bridgehead atoms. The molecule has 0 aliphatic heterocycles. The van der Waals surface area contributed by atoms with E-state index in [4.69, 9.17) is 0 Å². The first-order valence-corrected chi connectivity index (χ1v) is 6.61. The predicted octanol–water partition coefficient (Wildman–Crippen LogP) is 2.56. The van der Waals surface area contributed by atoms with Crippen molar-refractivity contribution in [3.63, 3.8) is 0 Å². The van der Waals surface area contributed by atoms with Crippen LogP contribution in [0.2, 0.25) is 0 Å². The first-order valence-electron chi connectivity index (χ1n) is 6.61. The van der Waals surface area contributed by atoms with Crippen molar-refractivity contribution in [2.45, 2.75) is 13.1 Å². The summed E-state index contributed by atoms with van der Waals surface area (Å²) < 4.78 is 1.89. The summed E-state index contributed by atoms with van der Waals surface area (Å²) in [6, 6.07) is 16.2. The van der Waals surface area contributed by atoms with Gasteiger partial charge in [0.1, 0.15) is 0 Å². The molecule has 20 heavy (non-hydrogen) atoms. The zero-order valence-corrected chi connectivity index (χ0v) is 11.1. The van der Waals surface area contributed by atoms with E-state index in [0.717, 1.165) is 24.5 Å². The summed E-state index contributed by atoms with van der Waals surface area (Å²) >= 11 is 0. The third-order valence-corrected chi connectivity index (χ3v) is 3.05. The van der Waals surface area contributed by atoms with Crippen molar-refractivity contribution < 1.29 is 0 Å². The second kappa shape index (κ2) is 6.12. The van der Waals surface area contributed by atoms with Gasteiger partial charge in [0.05, 0.1) is 11.4 Å². The summed E-state index contributed by atoms with van der Waals surface area (Å²) in [5.74, 6) is 0. The van der Waals surface area contributed by atoms with Crippen LogP contribution in [-0.2, 0) is 13.1 Å². The summed E-state index contributed by atoms with van der Waals surface area (Å²) in [7, 11) is 0. The summed E-state index contributed by atoms with van der Waals surface area (Å²) in [4.78, 5) is 4.01. The minimum atomic E-state index is 0.752. The normalized spacial score (nSPS) is 10.6. The molecule has 4 nitrogen and oxygen atoms in total. The molecule has 0 spiro atoms. The molecule has 0 atom stereocenters. The standard InChI is InChI=1S/C16H16N4/c1-2-4-16(5-3-1)20-11-8-15(19-20)13-18-12-14-6-9-17-10-7-14/h1-11,18H,12-13H2. The molecule has 100 valence electrons. The van der Waals surface area contributed by atoms with E-state index in [-0.39, 0.29) is 0 Å². The molecule has 2 heterocycles. The monoisotopic (exact) mass is 264 g/mol. The number of para-hydroxylation sites is 1. The quantitative estimate of drug-likeness (QED) is 0.770. The fourth-order valence-electron chi connectivity index (χ4n) is 2.02. The Morgan fingerprint density at radius 3 is 2.50 bits per heavy atom. The molecule has 0 saturated carbocycles. The Labute approximate surface area is 118 Å². The molecule has 0 aliphatic rings. The lowest BCUT2D eigenvalue weighted by atomic mass is 10.3. The van der Waals surface area contributed by atoms with Crippen LogP contribution in [0, 0.1) is 0 Å².